The van der Waals surface area contributed by atoms with E-state index in [0.717, 1.165) is 5.92 Å². The summed E-state index contributed by atoms with van der Waals surface area (Å²) in [5, 5.41) is 0. The van der Waals surface area contributed by atoms with Crippen molar-refractivity contribution in [3.05, 3.63) is 0 Å². The van der Waals surface area contributed by atoms with Crippen LogP contribution in [-0.2, 0) is 4.74 Å². The Morgan fingerprint density at radius 3 is 3.00 bits per heavy atom. The van der Waals surface area contributed by atoms with Gasteiger partial charge in [0.05, 0.1) is 6.10 Å². The Morgan fingerprint density at radius 2 is 2.18 bits per heavy atom. The summed E-state index contributed by atoms with van der Waals surface area (Å²) in [4.78, 5) is 2.57. The second-order valence-electron chi connectivity index (χ2n) is 3.77. The van der Waals surface area contributed by atoms with Crippen molar-refractivity contribution >= 4 is 0 Å². The summed E-state index contributed by atoms with van der Waals surface area (Å²) in [6.07, 6.45) is 4.58. The molecular formula is C9H17NO. The lowest BCUT2D eigenvalue weighted by Gasteiger charge is -2.41. The fourth-order valence-electron chi connectivity index (χ4n) is 2.45. The monoisotopic (exact) mass is 155 g/mol. The van der Waals surface area contributed by atoms with Crippen molar-refractivity contribution in [3.8, 4) is 0 Å². The molecule has 2 saturated heterocycles. The van der Waals surface area contributed by atoms with E-state index in [2.05, 4.69) is 4.90 Å². The molecule has 2 aliphatic heterocycles. The number of rotatable bonds is 1. The van der Waals surface area contributed by atoms with Gasteiger partial charge in [0.2, 0.25) is 0 Å². The normalized spacial score (nSPS) is 43.9. The number of hydrogen-bond donors (Lipinski definition) is 0. The summed E-state index contributed by atoms with van der Waals surface area (Å²) in [6.45, 7) is 3.88. The van der Waals surface area contributed by atoms with Gasteiger partial charge in [-0.1, -0.05) is 0 Å². The van der Waals surface area contributed by atoms with Crippen LogP contribution in [0.25, 0.3) is 0 Å². The Kier molecular flexibility index (Phi) is 2.14. The molecule has 0 spiro atoms. The number of fused-ring (bicyclic) bond motifs is 2. The van der Waals surface area contributed by atoms with Crippen LogP contribution >= 0.6 is 0 Å². The second-order valence-corrected chi connectivity index (χ2v) is 3.77. The summed E-state index contributed by atoms with van der Waals surface area (Å²) in [5.74, 6) is 0.836. The molecule has 3 atom stereocenters. The third-order valence-corrected chi connectivity index (χ3v) is 3.10. The van der Waals surface area contributed by atoms with Crippen molar-refractivity contribution in [2.45, 2.75) is 25.4 Å². The maximum Gasteiger partial charge on any atom is 0.0623 e. The third kappa shape index (κ3) is 1.42. The maximum absolute atomic E-state index is 5.45. The predicted molar refractivity (Wildman–Crippen MR) is 44.6 cm³/mol. The number of methoxy groups -OCH3 is 1. The first-order chi connectivity index (χ1) is 5.40. The van der Waals surface area contributed by atoms with Crippen LogP contribution in [0.5, 0.6) is 0 Å². The Morgan fingerprint density at radius 1 is 1.27 bits per heavy atom. The molecule has 2 heteroatoms. The molecule has 64 valence electrons. The zero-order valence-corrected chi connectivity index (χ0v) is 7.25. The molecule has 2 heterocycles. The Bertz CT molecular complexity index is 138. The fraction of sp³-hybridized carbons (Fsp3) is 1.00. The van der Waals surface area contributed by atoms with Crippen molar-refractivity contribution in [1.29, 1.82) is 0 Å². The maximum atomic E-state index is 5.45. The molecule has 2 aliphatic rings. The highest BCUT2D eigenvalue weighted by atomic mass is 16.5. The predicted octanol–water partition coefficient (Wildman–Crippen LogP) is 1.12. The molecule has 0 radical (unpaired) electrons. The SMILES string of the molecule is COC1CCN2CCCC1C2. The Balaban J connectivity index is 1.97. The molecule has 0 N–H and O–H groups in total. The zero-order valence-electron chi connectivity index (χ0n) is 7.25. The van der Waals surface area contributed by atoms with Crippen LogP contribution in [0.3, 0.4) is 0 Å². The van der Waals surface area contributed by atoms with E-state index in [1.165, 1.54) is 38.9 Å². The van der Waals surface area contributed by atoms with Gasteiger partial charge in [-0.15, -0.1) is 0 Å². The average molecular weight is 155 g/mol. The summed E-state index contributed by atoms with van der Waals surface area (Å²) in [7, 11) is 1.86. The smallest absolute Gasteiger partial charge is 0.0623 e. The molecule has 0 amide bonds. The van der Waals surface area contributed by atoms with Gasteiger partial charge in [-0.05, 0) is 31.7 Å². The molecule has 0 aromatic heterocycles. The highest BCUT2D eigenvalue weighted by Gasteiger charge is 2.31. The van der Waals surface area contributed by atoms with E-state index in [-0.39, 0.29) is 0 Å². The summed E-state index contributed by atoms with van der Waals surface area (Å²) < 4.78 is 5.45. The molecule has 11 heavy (non-hydrogen) atoms. The standard InChI is InChI=1S/C9H17NO/c1-11-9-4-6-10-5-2-3-8(9)7-10/h8-9H,2-7H2,1H3. The number of nitrogens with zero attached hydrogens (tertiary/aromatic N) is 1. The Labute approximate surface area is 68.5 Å². The quantitative estimate of drug-likeness (QED) is 0.562. The molecule has 2 fully saturated rings. The van der Waals surface area contributed by atoms with Gasteiger partial charge in [0.1, 0.15) is 0 Å². The molecule has 2 bridgehead atoms. The molecule has 3 unspecified atom stereocenters. The van der Waals surface area contributed by atoms with Crippen molar-refractivity contribution < 1.29 is 4.74 Å². The van der Waals surface area contributed by atoms with E-state index >= 15 is 0 Å². The fourth-order valence-corrected chi connectivity index (χ4v) is 2.45. The topological polar surface area (TPSA) is 12.5 Å². The minimum Gasteiger partial charge on any atom is -0.381 e. The molecule has 0 aromatic carbocycles. The van der Waals surface area contributed by atoms with Crippen molar-refractivity contribution in [2.24, 2.45) is 5.92 Å². The largest absolute Gasteiger partial charge is 0.381 e. The van der Waals surface area contributed by atoms with Gasteiger partial charge in [0, 0.05) is 20.2 Å². The van der Waals surface area contributed by atoms with Crippen molar-refractivity contribution in [2.75, 3.05) is 26.7 Å². The summed E-state index contributed by atoms with van der Waals surface area (Å²) in [5.41, 5.74) is 0. The highest BCUT2D eigenvalue weighted by molar-refractivity contribution is 4.84. The third-order valence-electron chi connectivity index (χ3n) is 3.10. The number of hydrogen-bond acceptors (Lipinski definition) is 2. The van der Waals surface area contributed by atoms with Crippen LogP contribution in [0, 0.1) is 5.92 Å². The second kappa shape index (κ2) is 3.11. The summed E-state index contributed by atoms with van der Waals surface area (Å²) >= 11 is 0. The molecule has 2 nitrogen and oxygen atoms in total. The van der Waals surface area contributed by atoms with E-state index in [4.69, 9.17) is 4.74 Å². The minimum absolute atomic E-state index is 0.562. The lowest BCUT2D eigenvalue weighted by molar-refractivity contribution is -0.0274. The van der Waals surface area contributed by atoms with Crippen LogP contribution in [-0.4, -0.2) is 37.7 Å². The van der Waals surface area contributed by atoms with Gasteiger partial charge < -0.3 is 9.64 Å². The van der Waals surface area contributed by atoms with E-state index in [1.807, 2.05) is 7.11 Å². The van der Waals surface area contributed by atoms with Crippen LogP contribution in [0.2, 0.25) is 0 Å². The number of piperidine rings is 2. The molecule has 0 aromatic rings. The van der Waals surface area contributed by atoms with Gasteiger partial charge in [-0.25, -0.2) is 0 Å². The van der Waals surface area contributed by atoms with Gasteiger partial charge in [-0.3, -0.25) is 0 Å². The van der Waals surface area contributed by atoms with Crippen LogP contribution < -0.4 is 0 Å². The molecule has 0 aliphatic carbocycles. The van der Waals surface area contributed by atoms with Crippen LogP contribution in [0.1, 0.15) is 19.3 Å². The van der Waals surface area contributed by atoms with E-state index in [9.17, 15) is 0 Å². The zero-order chi connectivity index (χ0) is 7.68. The molecular weight excluding hydrogens is 138 g/mol. The number of ether oxygens (including phenoxy) is 1. The van der Waals surface area contributed by atoms with Crippen molar-refractivity contribution in [3.63, 3.8) is 0 Å². The molecule has 2 rings (SSSR count). The van der Waals surface area contributed by atoms with Gasteiger partial charge in [-0.2, -0.15) is 0 Å². The first-order valence-corrected chi connectivity index (χ1v) is 4.65. The lowest BCUT2D eigenvalue weighted by atomic mass is 9.87. The van der Waals surface area contributed by atoms with E-state index in [0.29, 0.717) is 6.10 Å². The van der Waals surface area contributed by atoms with Gasteiger partial charge in [0.15, 0.2) is 0 Å². The van der Waals surface area contributed by atoms with Crippen LogP contribution in [0.15, 0.2) is 0 Å². The van der Waals surface area contributed by atoms with Crippen LogP contribution in [0.4, 0.5) is 0 Å². The van der Waals surface area contributed by atoms with Gasteiger partial charge >= 0.3 is 0 Å². The lowest BCUT2D eigenvalue weighted by Crippen LogP contribution is -2.47. The minimum atomic E-state index is 0.562. The molecule has 0 saturated carbocycles. The van der Waals surface area contributed by atoms with Gasteiger partial charge in [0.25, 0.3) is 0 Å². The van der Waals surface area contributed by atoms with E-state index in [1.54, 1.807) is 0 Å². The average Bonchev–Trinajstić information content (AvgIpc) is 2.06. The Hall–Kier alpha value is -0.0800. The summed E-state index contributed by atoms with van der Waals surface area (Å²) in [6, 6.07) is 0. The highest BCUT2D eigenvalue weighted by Crippen LogP contribution is 2.27. The van der Waals surface area contributed by atoms with E-state index < -0.39 is 0 Å². The first-order valence-electron chi connectivity index (χ1n) is 4.65. The first kappa shape index (κ1) is 7.56. The van der Waals surface area contributed by atoms with Crippen molar-refractivity contribution in [1.82, 2.24) is 4.90 Å².